The number of nitrogens with zero attached hydrogens (tertiary/aromatic N) is 4. The first kappa shape index (κ1) is 22.8. The summed E-state index contributed by atoms with van der Waals surface area (Å²) in [6.07, 6.45) is 1.42. The van der Waals surface area contributed by atoms with Crippen molar-refractivity contribution in [1.82, 2.24) is 15.3 Å². The summed E-state index contributed by atoms with van der Waals surface area (Å²) in [6.45, 7) is 1.51. The minimum absolute atomic E-state index is 0.0807. The fourth-order valence-electron chi connectivity index (χ4n) is 3.94. The molecule has 0 unspecified atom stereocenters. The molecule has 3 aromatic rings. The number of amides is 1. The Hall–Kier alpha value is -3.43. The van der Waals surface area contributed by atoms with Crippen molar-refractivity contribution in [2.24, 2.45) is 5.92 Å². The Kier molecular flexibility index (Phi) is 6.35. The molecule has 1 N–H and O–H groups in total. The van der Waals surface area contributed by atoms with Crippen LogP contribution >= 0.6 is 0 Å². The van der Waals surface area contributed by atoms with Gasteiger partial charge in [0, 0.05) is 39.1 Å². The number of hydrogen-bond acceptors (Lipinski definition) is 5. The van der Waals surface area contributed by atoms with Crippen molar-refractivity contribution >= 4 is 28.6 Å². The molecule has 1 saturated heterocycles. The zero-order chi connectivity index (χ0) is 23.7. The summed E-state index contributed by atoms with van der Waals surface area (Å²) in [4.78, 5) is 25.6. The van der Waals surface area contributed by atoms with E-state index in [-0.39, 0.29) is 12.5 Å². The largest absolute Gasteiger partial charge is 0.362 e. The molecular formula is C23H23F4N5O. The van der Waals surface area contributed by atoms with Crippen molar-refractivity contribution < 1.29 is 22.4 Å². The Morgan fingerprint density at radius 1 is 1.06 bits per heavy atom. The van der Waals surface area contributed by atoms with Gasteiger partial charge in [0.25, 0.3) is 5.91 Å². The number of fused-ring (bicyclic) bond motifs is 1. The number of rotatable bonds is 5. The highest BCUT2D eigenvalue weighted by molar-refractivity contribution is 5.94. The molecule has 1 aliphatic rings. The van der Waals surface area contributed by atoms with Gasteiger partial charge in [-0.05, 0) is 37.0 Å². The summed E-state index contributed by atoms with van der Waals surface area (Å²) in [5.74, 6) is -6.71. The maximum Gasteiger partial charge on any atom is 0.254 e. The minimum atomic E-state index is -2.00. The average molecular weight is 461 g/mol. The van der Waals surface area contributed by atoms with Crippen LogP contribution in [0.25, 0.3) is 10.9 Å². The first-order valence-corrected chi connectivity index (χ1v) is 10.6. The number of anilines is 2. The Bertz CT molecular complexity index is 1200. The lowest BCUT2D eigenvalue weighted by Crippen LogP contribution is -2.39. The summed E-state index contributed by atoms with van der Waals surface area (Å²) in [6, 6.07) is 8.15. The Labute approximate surface area is 188 Å². The number of piperidine rings is 1. The molecule has 1 aromatic heterocycles. The zero-order valence-corrected chi connectivity index (χ0v) is 18.2. The van der Waals surface area contributed by atoms with Crippen LogP contribution in [0, 0.1) is 29.2 Å². The zero-order valence-electron chi connectivity index (χ0n) is 18.2. The third-order valence-electron chi connectivity index (χ3n) is 5.79. The smallest absolute Gasteiger partial charge is 0.254 e. The maximum absolute atomic E-state index is 13.8. The van der Waals surface area contributed by atoms with Gasteiger partial charge in [-0.25, -0.2) is 22.5 Å². The predicted molar refractivity (Wildman–Crippen MR) is 117 cm³/mol. The molecule has 4 rings (SSSR count). The van der Waals surface area contributed by atoms with Crippen LogP contribution in [0.15, 0.2) is 30.3 Å². The summed E-state index contributed by atoms with van der Waals surface area (Å²) >= 11 is 0. The summed E-state index contributed by atoms with van der Waals surface area (Å²) in [5, 5.41) is 3.46. The summed E-state index contributed by atoms with van der Waals surface area (Å²) in [7, 11) is 3.85. The highest BCUT2D eigenvalue weighted by Gasteiger charge is 2.26. The monoisotopic (exact) mass is 461 g/mol. The lowest BCUT2D eigenvalue weighted by molar-refractivity contribution is 0.0938. The van der Waals surface area contributed by atoms with Gasteiger partial charge < -0.3 is 15.1 Å². The van der Waals surface area contributed by atoms with E-state index in [4.69, 9.17) is 4.98 Å². The van der Waals surface area contributed by atoms with Crippen molar-refractivity contribution in [3.05, 3.63) is 59.2 Å². The second-order valence-corrected chi connectivity index (χ2v) is 8.25. The van der Waals surface area contributed by atoms with Gasteiger partial charge in [0.05, 0.1) is 11.1 Å². The molecule has 0 radical (unpaired) electrons. The topological polar surface area (TPSA) is 61.4 Å². The standard InChI is InChI=1S/C23H23F4N5O/c1-31(2)21-14-5-3-4-6-17(14)29-23(30-21)32-9-7-13(8-10-32)12-28-22(33)15-11-16(24)19(26)20(27)18(15)25/h3-6,11,13H,7-10,12H2,1-2H3,(H,28,33). The van der Waals surface area contributed by atoms with Gasteiger partial charge in [-0.15, -0.1) is 0 Å². The fraction of sp³-hybridized carbons (Fsp3) is 0.348. The first-order valence-electron chi connectivity index (χ1n) is 10.6. The fourth-order valence-corrected chi connectivity index (χ4v) is 3.94. The molecule has 2 aromatic carbocycles. The van der Waals surface area contributed by atoms with Gasteiger partial charge in [-0.3, -0.25) is 4.79 Å². The molecule has 174 valence electrons. The van der Waals surface area contributed by atoms with Crippen LogP contribution in [0.4, 0.5) is 29.3 Å². The van der Waals surface area contributed by atoms with Crippen molar-refractivity contribution in [1.29, 1.82) is 0 Å². The lowest BCUT2D eigenvalue weighted by Gasteiger charge is -2.32. The number of para-hydroxylation sites is 1. The Morgan fingerprint density at radius 3 is 2.45 bits per heavy atom. The van der Waals surface area contributed by atoms with Gasteiger partial charge in [0.2, 0.25) is 5.95 Å². The van der Waals surface area contributed by atoms with Crippen LogP contribution in [0.3, 0.4) is 0 Å². The lowest BCUT2D eigenvalue weighted by atomic mass is 9.97. The van der Waals surface area contributed by atoms with E-state index >= 15 is 0 Å². The number of carbonyl (C=O) groups is 1. The van der Waals surface area contributed by atoms with Crippen molar-refractivity contribution in [2.45, 2.75) is 12.8 Å². The third-order valence-corrected chi connectivity index (χ3v) is 5.79. The van der Waals surface area contributed by atoms with Crippen LogP contribution in [0.5, 0.6) is 0 Å². The molecule has 2 heterocycles. The highest BCUT2D eigenvalue weighted by atomic mass is 19.2. The maximum atomic E-state index is 13.8. The molecule has 0 spiro atoms. The number of aromatic nitrogens is 2. The van der Waals surface area contributed by atoms with Crippen LogP contribution in [0.1, 0.15) is 23.2 Å². The van der Waals surface area contributed by atoms with E-state index in [9.17, 15) is 22.4 Å². The number of halogens is 4. The molecule has 10 heteroatoms. The van der Waals surface area contributed by atoms with E-state index in [1.807, 2.05) is 43.3 Å². The normalized spacial score (nSPS) is 14.5. The first-order chi connectivity index (χ1) is 15.8. The summed E-state index contributed by atoms with van der Waals surface area (Å²) < 4.78 is 53.7. The van der Waals surface area contributed by atoms with Gasteiger partial charge in [0.1, 0.15) is 5.82 Å². The molecule has 1 aliphatic heterocycles. The van der Waals surface area contributed by atoms with Gasteiger partial charge >= 0.3 is 0 Å². The van der Waals surface area contributed by atoms with Crippen molar-refractivity contribution in [3.8, 4) is 0 Å². The van der Waals surface area contributed by atoms with Gasteiger partial charge in [-0.1, -0.05) is 12.1 Å². The average Bonchev–Trinajstić information content (AvgIpc) is 2.83. The molecular weight excluding hydrogens is 438 g/mol. The second kappa shape index (κ2) is 9.21. The third kappa shape index (κ3) is 4.55. The molecule has 0 atom stereocenters. The van der Waals surface area contributed by atoms with E-state index in [0.29, 0.717) is 37.9 Å². The quantitative estimate of drug-likeness (QED) is 0.355. The van der Waals surface area contributed by atoms with Crippen molar-refractivity contribution in [3.63, 3.8) is 0 Å². The SMILES string of the molecule is CN(C)c1nc(N2CCC(CNC(=O)c3cc(F)c(F)c(F)c3F)CC2)nc2ccccc12. The van der Waals surface area contributed by atoms with E-state index in [2.05, 4.69) is 15.2 Å². The number of nitrogens with one attached hydrogen (secondary N) is 1. The predicted octanol–water partition coefficient (Wildman–Crippen LogP) is 3.90. The molecule has 33 heavy (non-hydrogen) atoms. The molecule has 0 aliphatic carbocycles. The highest BCUT2D eigenvalue weighted by Crippen LogP contribution is 2.27. The molecule has 1 fully saturated rings. The van der Waals surface area contributed by atoms with E-state index in [1.165, 1.54) is 0 Å². The Morgan fingerprint density at radius 2 is 1.76 bits per heavy atom. The summed E-state index contributed by atoms with van der Waals surface area (Å²) in [5.41, 5.74) is -0.00834. The second-order valence-electron chi connectivity index (χ2n) is 8.25. The number of carbonyl (C=O) groups excluding carboxylic acids is 1. The minimum Gasteiger partial charge on any atom is -0.362 e. The van der Waals surface area contributed by atoms with Crippen LogP contribution in [-0.2, 0) is 0 Å². The van der Waals surface area contributed by atoms with Crippen LogP contribution in [-0.4, -0.2) is 49.6 Å². The number of hydrogen-bond donors (Lipinski definition) is 1. The van der Waals surface area contributed by atoms with E-state index in [0.717, 1.165) is 16.7 Å². The molecule has 6 nitrogen and oxygen atoms in total. The Balaban J connectivity index is 1.40. The van der Waals surface area contributed by atoms with Crippen LogP contribution < -0.4 is 15.1 Å². The number of benzene rings is 2. The molecule has 0 saturated carbocycles. The van der Waals surface area contributed by atoms with Crippen LogP contribution in [0.2, 0.25) is 0 Å². The molecule has 1 amide bonds. The van der Waals surface area contributed by atoms with Crippen molar-refractivity contribution in [2.75, 3.05) is 43.5 Å². The van der Waals surface area contributed by atoms with E-state index < -0.39 is 34.7 Å². The van der Waals surface area contributed by atoms with Gasteiger partial charge in [0.15, 0.2) is 23.3 Å². The molecule has 0 bridgehead atoms. The van der Waals surface area contributed by atoms with E-state index in [1.54, 1.807) is 0 Å². The van der Waals surface area contributed by atoms with Gasteiger partial charge in [-0.2, -0.15) is 4.98 Å².